The van der Waals surface area contributed by atoms with Gasteiger partial charge in [-0.2, -0.15) is 0 Å². The van der Waals surface area contributed by atoms with Crippen LogP contribution >= 0.6 is 0 Å². The van der Waals surface area contributed by atoms with E-state index < -0.39 is 5.97 Å². The summed E-state index contributed by atoms with van der Waals surface area (Å²) in [5, 5.41) is 13.2. The number of rotatable bonds is 7. The molecule has 1 aliphatic heterocycles. The first-order valence-corrected chi connectivity index (χ1v) is 7.98. The van der Waals surface area contributed by atoms with Gasteiger partial charge in [-0.25, -0.2) is 4.79 Å². The summed E-state index contributed by atoms with van der Waals surface area (Å²) < 4.78 is 15.4. The number of piperidine rings is 1. The van der Waals surface area contributed by atoms with Crippen LogP contribution in [0.25, 0.3) is 0 Å². The van der Waals surface area contributed by atoms with Gasteiger partial charge in [0.05, 0.1) is 26.4 Å². The second-order valence-corrected chi connectivity index (χ2v) is 5.70. The van der Waals surface area contributed by atoms with Gasteiger partial charge in [0.25, 0.3) is 0 Å². The average Bonchev–Trinajstić information content (AvgIpc) is 2.58. The Morgan fingerprint density at radius 1 is 1.26 bits per heavy atom. The quantitative estimate of drug-likeness (QED) is 0.592. The molecular weight excluding hydrogens is 298 g/mol. The van der Waals surface area contributed by atoms with E-state index in [9.17, 15) is 9.90 Å². The minimum absolute atomic E-state index is 0.145. The van der Waals surface area contributed by atoms with E-state index in [1.165, 1.54) is 39.2 Å². The molecule has 128 valence electrons. The van der Waals surface area contributed by atoms with E-state index in [1.807, 2.05) is 0 Å². The van der Waals surface area contributed by atoms with Crippen LogP contribution in [0.2, 0.25) is 0 Å². The number of hydrogen-bond donors (Lipinski definition) is 2. The van der Waals surface area contributed by atoms with Crippen LogP contribution in [0.1, 0.15) is 36.0 Å². The third-order valence-electron chi connectivity index (χ3n) is 4.14. The number of benzene rings is 1. The number of ether oxygens (including phenoxy) is 3. The van der Waals surface area contributed by atoms with Crippen LogP contribution in [0, 0.1) is 5.92 Å². The number of nitrogens with one attached hydrogen (secondary N) is 1. The van der Waals surface area contributed by atoms with Crippen LogP contribution in [0.5, 0.6) is 17.2 Å². The SMILES string of the molecule is COc1cc(C(=O)OCCCC2CCNCC2)cc(O)c1OC. The molecule has 0 spiro atoms. The Morgan fingerprint density at radius 2 is 2.00 bits per heavy atom. The molecule has 6 heteroatoms. The van der Waals surface area contributed by atoms with Crippen molar-refractivity contribution in [3.8, 4) is 17.2 Å². The van der Waals surface area contributed by atoms with Crippen molar-refractivity contribution < 1.29 is 24.1 Å². The molecule has 2 N–H and O–H groups in total. The molecule has 2 rings (SSSR count). The summed E-state index contributed by atoms with van der Waals surface area (Å²) in [6, 6.07) is 2.84. The zero-order valence-corrected chi connectivity index (χ0v) is 13.8. The molecule has 6 nitrogen and oxygen atoms in total. The summed E-state index contributed by atoms with van der Waals surface area (Å²) in [6.45, 7) is 2.54. The van der Waals surface area contributed by atoms with Gasteiger partial charge in [0.1, 0.15) is 0 Å². The van der Waals surface area contributed by atoms with E-state index in [0.717, 1.165) is 31.8 Å². The van der Waals surface area contributed by atoms with Crippen molar-refractivity contribution >= 4 is 5.97 Å². The molecule has 0 saturated carbocycles. The minimum atomic E-state index is -0.466. The Labute approximate surface area is 136 Å². The van der Waals surface area contributed by atoms with Crippen molar-refractivity contribution in [1.82, 2.24) is 5.32 Å². The molecule has 1 aromatic rings. The van der Waals surface area contributed by atoms with Crippen LogP contribution in [-0.2, 0) is 4.74 Å². The van der Waals surface area contributed by atoms with Gasteiger partial charge in [-0.1, -0.05) is 0 Å². The van der Waals surface area contributed by atoms with Gasteiger partial charge in [0, 0.05) is 0 Å². The number of hydrogen-bond acceptors (Lipinski definition) is 6. The van der Waals surface area contributed by atoms with Gasteiger partial charge < -0.3 is 24.6 Å². The van der Waals surface area contributed by atoms with Crippen LogP contribution in [-0.4, -0.2) is 45.0 Å². The highest BCUT2D eigenvalue weighted by atomic mass is 16.5. The summed E-state index contributed by atoms with van der Waals surface area (Å²) in [5.74, 6) is 0.615. The number of carbonyl (C=O) groups excluding carboxylic acids is 1. The molecule has 1 saturated heterocycles. The van der Waals surface area contributed by atoms with Gasteiger partial charge in [-0.05, 0) is 56.8 Å². The molecule has 0 unspecified atom stereocenters. The highest BCUT2D eigenvalue weighted by Gasteiger charge is 2.17. The fourth-order valence-electron chi connectivity index (χ4n) is 2.85. The number of methoxy groups -OCH3 is 2. The van der Waals surface area contributed by atoms with Crippen molar-refractivity contribution in [2.45, 2.75) is 25.7 Å². The van der Waals surface area contributed by atoms with Crippen molar-refractivity contribution in [2.75, 3.05) is 33.9 Å². The van der Waals surface area contributed by atoms with E-state index in [0.29, 0.717) is 12.4 Å². The van der Waals surface area contributed by atoms with Crippen LogP contribution < -0.4 is 14.8 Å². The zero-order valence-electron chi connectivity index (χ0n) is 13.8. The smallest absolute Gasteiger partial charge is 0.338 e. The van der Waals surface area contributed by atoms with Crippen LogP contribution in [0.4, 0.5) is 0 Å². The van der Waals surface area contributed by atoms with Crippen molar-refractivity contribution in [2.24, 2.45) is 5.92 Å². The lowest BCUT2D eigenvalue weighted by Gasteiger charge is -2.22. The Morgan fingerprint density at radius 3 is 2.65 bits per heavy atom. The number of phenols is 1. The van der Waals surface area contributed by atoms with Gasteiger partial charge in [-0.3, -0.25) is 0 Å². The predicted octanol–water partition coefficient (Wildman–Crippen LogP) is 2.35. The molecule has 1 aliphatic rings. The molecule has 23 heavy (non-hydrogen) atoms. The molecule has 0 atom stereocenters. The first-order chi connectivity index (χ1) is 11.2. The Bertz CT molecular complexity index is 526. The largest absolute Gasteiger partial charge is 0.504 e. The minimum Gasteiger partial charge on any atom is -0.504 e. The summed E-state index contributed by atoms with van der Waals surface area (Å²) in [7, 11) is 2.88. The molecule has 0 radical (unpaired) electrons. The highest BCUT2D eigenvalue weighted by molar-refractivity contribution is 5.91. The second kappa shape index (κ2) is 8.62. The Hall–Kier alpha value is -1.95. The molecule has 1 heterocycles. The molecular formula is C17H25NO5. The van der Waals surface area contributed by atoms with Gasteiger partial charge in [-0.15, -0.1) is 0 Å². The van der Waals surface area contributed by atoms with E-state index >= 15 is 0 Å². The zero-order chi connectivity index (χ0) is 16.7. The molecule has 0 bridgehead atoms. The molecule has 0 amide bonds. The van der Waals surface area contributed by atoms with E-state index in [2.05, 4.69) is 5.32 Å². The third kappa shape index (κ3) is 4.76. The van der Waals surface area contributed by atoms with Crippen molar-refractivity contribution in [1.29, 1.82) is 0 Å². The van der Waals surface area contributed by atoms with Crippen LogP contribution in [0.3, 0.4) is 0 Å². The molecule has 1 fully saturated rings. The van der Waals surface area contributed by atoms with Crippen LogP contribution in [0.15, 0.2) is 12.1 Å². The van der Waals surface area contributed by atoms with Gasteiger partial charge in [0.15, 0.2) is 11.5 Å². The third-order valence-corrected chi connectivity index (χ3v) is 4.14. The molecule has 0 aromatic heterocycles. The van der Waals surface area contributed by atoms with Gasteiger partial charge in [0.2, 0.25) is 5.75 Å². The Balaban J connectivity index is 1.84. The number of phenolic OH excluding ortho intramolecular Hbond substituents is 1. The van der Waals surface area contributed by atoms with E-state index in [1.54, 1.807) is 0 Å². The fraction of sp³-hybridized carbons (Fsp3) is 0.588. The number of esters is 1. The van der Waals surface area contributed by atoms with E-state index in [4.69, 9.17) is 14.2 Å². The lowest BCUT2D eigenvalue weighted by atomic mass is 9.93. The maximum atomic E-state index is 12.1. The number of carbonyl (C=O) groups is 1. The summed E-state index contributed by atoms with van der Waals surface area (Å²) in [6.07, 6.45) is 4.32. The van der Waals surface area contributed by atoms with Crippen molar-refractivity contribution in [3.05, 3.63) is 17.7 Å². The highest BCUT2D eigenvalue weighted by Crippen LogP contribution is 2.37. The maximum absolute atomic E-state index is 12.1. The topological polar surface area (TPSA) is 77.0 Å². The standard InChI is InChI=1S/C17H25NO5/c1-21-15-11-13(10-14(19)16(15)22-2)17(20)23-9-3-4-12-5-7-18-8-6-12/h10-12,18-19H,3-9H2,1-2H3. The summed E-state index contributed by atoms with van der Waals surface area (Å²) >= 11 is 0. The lowest BCUT2D eigenvalue weighted by molar-refractivity contribution is 0.0490. The molecule has 0 aliphatic carbocycles. The summed E-state index contributed by atoms with van der Waals surface area (Å²) in [4.78, 5) is 12.1. The molecule has 1 aromatic carbocycles. The monoisotopic (exact) mass is 323 g/mol. The van der Waals surface area contributed by atoms with Crippen molar-refractivity contribution in [3.63, 3.8) is 0 Å². The Kier molecular flexibility index (Phi) is 6.52. The number of aromatic hydroxyl groups is 1. The first kappa shape index (κ1) is 17.4. The fourth-order valence-corrected chi connectivity index (χ4v) is 2.85. The predicted molar refractivity (Wildman–Crippen MR) is 86.3 cm³/mol. The maximum Gasteiger partial charge on any atom is 0.338 e. The first-order valence-electron chi connectivity index (χ1n) is 7.98. The van der Waals surface area contributed by atoms with Gasteiger partial charge >= 0.3 is 5.97 Å². The normalized spacial score (nSPS) is 15.2. The van der Waals surface area contributed by atoms with E-state index in [-0.39, 0.29) is 17.1 Å². The second-order valence-electron chi connectivity index (χ2n) is 5.70. The average molecular weight is 323 g/mol. The lowest BCUT2D eigenvalue weighted by Crippen LogP contribution is -2.27. The summed E-state index contributed by atoms with van der Waals surface area (Å²) in [5.41, 5.74) is 0.252.